The number of nitrogens with one attached hydrogen (secondary N) is 1. The molecule has 0 aliphatic carbocycles. The van der Waals surface area contributed by atoms with E-state index < -0.39 is 10.0 Å². The Balaban J connectivity index is 2.02. The fourth-order valence-electron chi connectivity index (χ4n) is 2.06. The second kappa shape index (κ2) is 8.40. The molecule has 0 radical (unpaired) electrons. The predicted molar refractivity (Wildman–Crippen MR) is 97.4 cm³/mol. The van der Waals surface area contributed by atoms with Crippen LogP contribution in [0.25, 0.3) is 0 Å². The first-order valence-electron chi connectivity index (χ1n) is 7.11. The van der Waals surface area contributed by atoms with Crippen LogP contribution >= 0.6 is 34.5 Å². The summed E-state index contributed by atoms with van der Waals surface area (Å²) in [6, 6.07) is 6.85. The smallest absolute Gasteiger partial charge is 0.242 e. The van der Waals surface area contributed by atoms with Crippen LogP contribution in [0, 0.1) is 0 Å². The molecule has 0 fully saturated rings. The molecule has 1 heterocycles. The maximum Gasteiger partial charge on any atom is 0.242 e. The number of rotatable bonds is 8. The molecule has 9 heteroatoms. The van der Waals surface area contributed by atoms with Crippen molar-refractivity contribution >= 4 is 44.6 Å². The highest BCUT2D eigenvalue weighted by molar-refractivity contribution is 7.89. The molecule has 2 aromatic rings. The molecule has 1 aromatic heterocycles. The van der Waals surface area contributed by atoms with Crippen LogP contribution in [0.2, 0.25) is 8.67 Å². The zero-order valence-corrected chi connectivity index (χ0v) is 16.3. The van der Waals surface area contributed by atoms with Crippen LogP contribution in [0.5, 0.6) is 11.5 Å². The summed E-state index contributed by atoms with van der Waals surface area (Å²) in [6.45, 7) is 2.66. The molecule has 0 spiro atoms. The van der Waals surface area contributed by atoms with E-state index >= 15 is 0 Å². The van der Waals surface area contributed by atoms with E-state index in [1.807, 2.05) is 25.1 Å². The van der Waals surface area contributed by atoms with Gasteiger partial charge in [-0.25, -0.2) is 13.1 Å². The number of hydrogen-bond donors (Lipinski definition) is 1. The van der Waals surface area contributed by atoms with Crippen molar-refractivity contribution < 1.29 is 17.9 Å². The first-order chi connectivity index (χ1) is 11.4. The van der Waals surface area contributed by atoms with Gasteiger partial charge in [-0.15, -0.1) is 11.3 Å². The average molecular weight is 410 g/mol. The summed E-state index contributed by atoms with van der Waals surface area (Å²) in [5, 5.41) is 0. The summed E-state index contributed by atoms with van der Waals surface area (Å²) < 4.78 is 38.2. The van der Waals surface area contributed by atoms with E-state index in [9.17, 15) is 8.42 Å². The third-order valence-electron chi connectivity index (χ3n) is 3.15. The molecular formula is C15H17Cl2NO4S2. The summed E-state index contributed by atoms with van der Waals surface area (Å²) in [5.74, 6) is 1.27. The molecule has 0 atom stereocenters. The van der Waals surface area contributed by atoms with Gasteiger partial charge in [-0.3, -0.25) is 0 Å². The molecule has 24 heavy (non-hydrogen) atoms. The largest absolute Gasteiger partial charge is 0.493 e. The Hall–Kier alpha value is -0.990. The lowest BCUT2D eigenvalue weighted by atomic mass is 10.1. The average Bonchev–Trinajstić information content (AvgIpc) is 2.88. The highest BCUT2D eigenvalue weighted by Crippen LogP contribution is 2.34. The number of benzene rings is 1. The predicted octanol–water partition coefficient (Wildman–Crippen LogP) is 3.98. The monoisotopic (exact) mass is 409 g/mol. The van der Waals surface area contributed by atoms with Gasteiger partial charge in [0.2, 0.25) is 10.0 Å². The number of halogens is 2. The third kappa shape index (κ3) is 4.77. The lowest BCUT2D eigenvalue weighted by Crippen LogP contribution is -2.25. The lowest BCUT2D eigenvalue weighted by Gasteiger charge is -2.11. The molecule has 0 bridgehead atoms. The number of thiophene rings is 1. The zero-order valence-electron chi connectivity index (χ0n) is 13.1. The third-order valence-corrected chi connectivity index (χ3v) is 6.36. The number of hydrogen-bond acceptors (Lipinski definition) is 5. The van der Waals surface area contributed by atoms with Crippen molar-refractivity contribution in [3.05, 3.63) is 38.5 Å². The fraction of sp³-hybridized carbons (Fsp3) is 0.333. The Bertz CT molecular complexity index is 806. The van der Waals surface area contributed by atoms with Gasteiger partial charge < -0.3 is 9.47 Å². The Labute approximate surface area is 155 Å². The van der Waals surface area contributed by atoms with Gasteiger partial charge in [-0.05, 0) is 37.1 Å². The summed E-state index contributed by atoms with van der Waals surface area (Å²) >= 11 is 12.7. The van der Waals surface area contributed by atoms with E-state index in [0.717, 1.165) is 16.9 Å². The van der Waals surface area contributed by atoms with Crippen LogP contribution < -0.4 is 14.2 Å². The molecule has 0 aliphatic heterocycles. The number of methoxy groups -OCH3 is 1. The van der Waals surface area contributed by atoms with Crippen LogP contribution in [-0.4, -0.2) is 28.7 Å². The van der Waals surface area contributed by atoms with Crippen LogP contribution in [0.3, 0.4) is 0 Å². The second-order valence-electron chi connectivity index (χ2n) is 4.75. The number of sulfonamides is 1. The molecule has 5 nitrogen and oxygen atoms in total. The first-order valence-corrected chi connectivity index (χ1v) is 10.2. The van der Waals surface area contributed by atoms with E-state index in [-0.39, 0.29) is 15.8 Å². The van der Waals surface area contributed by atoms with Gasteiger partial charge in [-0.2, -0.15) is 0 Å². The Morgan fingerprint density at radius 3 is 2.54 bits per heavy atom. The molecule has 0 aliphatic rings. The molecule has 0 unspecified atom stereocenters. The van der Waals surface area contributed by atoms with E-state index in [4.69, 9.17) is 32.7 Å². The lowest BCUT2D eigenvalue weighted by molar-refractivity contribution is 0.310. The minimum atomic E-state index is -3.68. The molecule has 1 N–H and O–H groups in total. The standard InChI is InChI=1S/C15H17Cl2NO4S2/c1-3-22-11-5-4-10(8-12(11)21-2)6-7-18-24(19,20)13-9-14(16)23-15(13)17/h4-5,8-9,18H,3,6-7H2,1-2H3. The van der Waals surface area contributed by atoms with E-state index in [1.54, 1.807) is 7.11 Å². The molecule has 0 amide bonds. The maximum absolute atomic E-state index is 12.2. The van der Waals surface area contributed by atoms with Crippen LogP contribution in [-0.2, 0) is 16.4 Å². The summed E-state index contributed by atoms with van der Waals surface area (Å²) in [6.07, 6.45) is 0.498. The topological polar surface area (TPSA) is 64.6 Å². The van der Waals surface area contributed by atoms with Crippen molar-refractivity contribution in [3.8, 4) is 11.5 Å². The van der Waals surface area contributed by atoms with Gasteiger partial charge in [0.15, 0.2) is 11.5 Å². The van der Waals surface area contributed by atoms with Crippen molar-refractivity contribution in [3.63, 3.8) is 0 Å². The van der Waals surface area contributed by atoms with E-state index in [2.05, 4.69) is 4.72 Å². The Kier molecular flexibility index (Phi) is 6.77. The van der Waals surface area contributed by atoms with Gasteiger partial charge >= 0.3 is 0 Å². The SMILES string of the molecule is CCOc1ccc(CCNS(=O)(=O)c2cc(Cl)sc2Cl)cc1OC. The molecule has 0 saturated carbocycles. The zero-order chi connectivity index (χ0) is 17.7. The van der Waals surface area contributed by atoms with Crippen LogP contribution in [0.15, 0.2) is 29.2 Å². The van der Waals surface area contributed by atoms with Crippen molar-refractivity contribution in [2.45, 2.75) is 18.2 Å². The minimum Gasteiger partial charge on any atom is -0.493 e. The van der Waals surface area contributed by atoms with Crippen molar-refractivity contribution in [1.29, 1.82) is 0 Å². The highest BCUT2D eigenvalue weighted by Gasteiger charge is 2.20. The summed E-state index contributed by atoms with van der Waals surface area (Å²) in [4.78, 5) is 0.00319. The molecular weight excluding hydrogens is 393 g/mol. The first kappa shape index (κ1) is 19.3. The Morgan fingerprint density at radius 1 is 1.21 bits per heavy atom. The van der Waals surface area contributed by atoms with Crippen molar-refractivity contribution in [2.24, 2.45) is 0 Å². The minimum absolute atomic E-state index is 0.00319. The van der Waals surface area contributed by atoms with Crippen molar-refractivity contribution in [1.82, 2.24) is 4.72 Å². The van der Waals surface area contributed by atoms with E-state index in [1.165, 1.54) is 6.07 Å². The molecule has 132 valence electrons. The van der Waals surface area contributed by atoms with Gasteiger partial charge in [-0.1, -0.05) is 29.3 Å². The molecule has 2 rings (SSSR count). The maximum atomic E-state index is 12.2. The molecule has 1 aromatic carbocycles. The second-order valence-corrected chi connectivity index (χ2v) is 8.78. The molecule has 0 saturated heterocycles. The normalized spacial score (nSPS) is 11.5. The van der Waals surface area contributed by atoms with Crippen LogP contribution in [0.1, 0.15) is 12.5 Å². The van der Waals surface area contributed by atoms with Crippen LogP contribution in [0.4, 0.5) is 0 Å². The Morgan fingerprint density at radius 2 is 1.96 bits per heavy atom. The van der Waals surface area contributed by atoms with Gasteiger partial charge in [0.05, 0.1) is 18.1 Å². The highest BCUT2D eigenvalue weighted by atomic mass is 35.5. The van der Waals surface area contributed by atoms with Crippen molar-refractivity contribution in [2.75, 3.05) is 20.3 Å². The summed E-state index contributed by atoms with van der Waals surface area (Å²) in [5.41, 5.74) is 0.924. The van der Waals surface area contributed by atoms with E-state index in [0.29, 0.717) is 28.9 Å². The van der Waals surface area contributed by atoms with Gasteiger partial charge in [0, 0.05) is 6.54 Å². The summed E-state index contributed by atoms with van der Waals surface area (Å²) in [7, 11) is -2.12. The fourth-order valence-corrected chi connectivity index (χ4v) is 5.24. The number of ether oxygens (including phenoxy) is 2. The van der Waals surface area contributed by atoms with Gasteiger partial charge in [0.1, 0.15) is 9.23 Å². The quantitative estimate of drug-likeness (QED) is 0.715. The van der Waals surface area contributed by atoms with Gasteiger partial charge in [0.25, 0.3) is 0 Å².